The lowest BCUT2D eigenvalue weighted by Crippen LogP contribution is -2.15. The van der Waals surface area contributed by atoms with E-state index in [1.807, 2.05) is 59.2 Å². The van der Waals surface area contributed by atoms with E-state index in [1.54, 1.807) is 4.68 Å². The summed E-state index contributed by atoms with van der Waals surface area (Å²) in [5.41, 5.74) is 4.19. The molecule has 1 aliphatic rings. The molecule has 40 heavy (non-hydrogen) atoms. The first-order valence-corrected chi connectivity index (χ1v) is 14.9. The molecule has 0 aliphatic heterocycles. The van der Waals surface area contributed by atoms with Crippen LogP contribution in [-0.4, -0.2) is 54.5 Å². The second-order valence-corrected chi connectivity index (χ2v) is 11.5. The van der Waals surface area contributed by atoms with E-state index in [4.69, 9.17) is 4.74 Å². The van der Waals surface area contributed by atoms with Crippen LogP contribution in [0.2, 0.25) is 0 Å². The molecule has 0 atom stereocenters. The molecule has 2 aromatic carbocycles. The van der Waals surface area contributed by atoms with Gasteiger partial charge in [-0.25, -0.2) is 9.48 Å². The molecular weight excluding hydrogens is 546 g/mol. The summed E-state index contributed by atoms with van der Waals surface area (Å²) in [7, 11) is 1.37. The van der Waals surface area contributed by atoms with Gasteiger partial charge in [-0.05, 0) is 55.5 Å². The zero-order valence-corrected chi connectivity index (χ0v) is 23.5. The van der Waals surface area contributed by atoms with Crippen LogP contribution >= 0.6 is 23.1 Å². The molecule has 0 fully saturated rings. The fourth-order valence-corrected chi connectivity index (χ4v) is 7.10. The maximum Gasteiger partial charge on any atom is 0.341 e. The van der Waals surface area contributed by atoms with Crippen LogP contribution < -0.4 is 5.32 Å². The quantitative estimate of drug-likeness (QED) is 0.195. The van der Waals surface area contributed by atoms with Crippen molar-refractivity contribution >= 4 is 51.0 Å². The fraction of sp³-hybridized carbons (Fsp3) is 0.286. The number of thioether (sulfide) groups is 1. The summed E-state index contributed by atoms with van der Waals surface area (Å²) in [4.78, 5) is 26.6. The molecule has 3 aromatic heterocycles. The molecule has 12 heteroatoms. The van der Waals surface area contributed by atoms with E-state index < -0.39 is 5.97 Å². The van der Waals surface area contributed by atoms with Gasteiger partial charge in [0.1, 0.15) is 17.1 Å². The summed E-state index contributed by atoms with van der Waals surface area (Å²) in [5.74, 6) is 0.645. The largest absolute Gasteiger partial charge is 0.465 e. The summed E-state index contributed by atoms with van der Waals surface area (Å²) < 4.78 is 8.82. The Kier molecular flexibility index (Phi) is 7.60. The highest BCUT2D eigenvalue weighted by atomic mass is 32.2. The highest BCUT2D eigenvalue weighted by Crippen LogP contribution is 2.38. The predicted octanol–water partition coefficient (Wildman–Crippen LogP) is 4.91. The first kappa shape index (κ1) is 26.2. The number of nitrogens with zero attached hydrogens (tertiary/aromatic N) is 6. The monoisotopic (exact) mass is 573 g/mol. The summed E-state index contributed by atoms with van der Waals surface area (Å²) >= 11 is 2.95. The number of nitrogens with one attached hydrogen (secondary N) is 1. The molecule has 1 aliphatic carbocycles. The van der Waals surface area contributed by atoms with Crippen LogP contribution in [0.3, 0.4) is 0 Å². The van der Waals surface area contributed by atoms with Gasteiger partial charge >= 0.3 is 5.97 Å². The molecule has 6 rings (SSSR count). The third kappa shape index (κ3) is 5.24. The van der Waals surface area contributed by atoms with E-state index in [9.17, 15) is 9.59 Å². The summed E-state index contributed by atoms with van der Waals surface area (Å²) in [5, 5.41) is 21.7. The van der Waals surface area contributed by atoms with Crippen molar-refractivity contribution in [1.29, 1.82) is 0 Å². The topological polar surface area (TPSA) is 117 Å². The van der Waals surface area contributed by atoms with Gasteiger partial charge in [0.05, 0.1) is 18.2 Å². The van der Waals surface area contributed by atoms with Gasteiger partial charge in [-0.3, -0.25) is 9.36 Å². The van der Waals surface area contributed by atoms with Crippen LogP contribution in [0, 0.1) is 0 Å². The average molecular weight is 574 g/mol. The molecule has 3 heterocycles. The minimum atomic E-state index is -0.396. The van der Waals surface area contributed by atoms with Crippen molar-refractivity contribution in [3.05, 3.63) is 76.4 Å². The third-order valence-corrected chi connectivity index (χ3v) is 8.94. The Hall–Kier alpha value is -4.03. The molecule has 10 nitrogen and oxygen atoms in total. The number of benzene rings is 2. The normalized spacial score (nSPS) is 12.8. The van der Waals surface area contributed by atoms with Crippen molar-refractivity contribution in [3.63, 3.8) is 0 Å². The Morgan fingerprint density at radius 3 is 2.67 bits per heavy atom. The van der Waals surface area contributed by atoms with Crippen LogP contribution in [0.15, 0.2) is 59.8 Å². The van der Waals surface area contributed by atoms with Gasteiger partial charge in [-0.15, -0.1) is 26.6 Å². The van der Waals surface area contributed by atoms with Crippen molar-refractivity contribution in [3.8, 4) is 5.69 Å². The van der Waals surface area contributed by atoms with Gasteiger partial charge in [0.15, 0.2) is 11.0 Å². The van der Waals surface area contributed by atoms with Gasteiger partial charge in [-0.1, -0.05) is 47.3 Å². The van der Waals surface area contributed by atoms with E-state index in [0.29, 0.717) is 33.8 Å². The molecule has 0 spiro atoms. The molecule has 0 saturated heterocycles. The number of fused-ring (bicyclic) bond motifs is 2. The molecule has 0 bridgehead atoms. The minimum Gasteiger partial charge on any atom is -0.465 e. The lowest BCUT2D eigenvalue weighted by Gasteiger charge is -2.12. The van der Waals surface area contributed by atoms with E-state index in [2.05, 4.69) is 25.8 Å². The zero-order chi connectivity index (χ0) is 27.5. The number of thiophene rings is 1. The van der Waals surface area contributed by atoms with E-state index in [1.165, 1.54) is 35.1 Å². The highest BCUT2D eigenvalue weighted by molar-refractivity contribution is 7.99. The first-order valence-electron chi connectivity index (χ1n) is 13.1. The molecule has 1 amide bonds. The fourth-order valence-electron chi connectivity index (χ4n) is 4.90. The maximum absolute atomic E-state index is 12.9. The van der Waals surface area contributed by atoms with Crippen molar-refractivity contribution in [2.45, 2.75) is 43.8 Å². The molecule has 1 N–H and O–H groups in total. The number of rotatable bonds is 9. The number of para-hydroxylation sites is 2. The van der Waals surface area contributed by atoms with E-state index >= 15 is 0 Å². The van der Waals surface area contributed by atoms with Gasteiger partial charge < -0.3 is 10.1 Å². The summed E-state index contributed by atoms with van der Waals surface area (Å²) in [6.07, 6.45) is 4.14. The Labute approximate surface area is 238 Å². The highest BCUT2D eigenvalue weighted by Gasteiger charge is 2.27. The van der Waals surface area contributed by atoms with Crippen LogP contribution in [0.1, 0.15) is 45.9 Å². The van der Waals surface area contributed by atoms with Crippen LogP contribution in [0.5, 0.6) is 0 Å². The second kappa shape index (κ2) is 11.6. The summed E-state index contributed by atoms with van der Waals surface area (Å²) in [6.45, 7) is 0.392. The molecule has 204 valence electrons. The predicted molar refractivity (Wildman–Crippen MR) is 154 cm³/mol. The van der Waals surface area contributed by atoms with Crippen molar-refractivity contribution in [2.24, 2.45) is 0 Å². The lowest BCUT2D eigenvalue weighted by molar-refractivity contribution is -0.115. The Bertz CT molecular complexity index is 1680. The smallest absolute Gasteiger partial charge is 0.341 e. The number of ether oxygens (including phenoxy) is 1. The zero-order valence-electron chi connectivity index (χ0n) is 21.9. The molecule has 0 saturated carbocycles. The Morgan fingerprint density at radius 1 is 1.02 bits per heavy atom. The molecular formula is C28H27N7O3S2. The number of amides is 1. The number of carbonyl (C=O) groups excluding carboxylic acids is 2. The Morgan fingerprint density at radius 2 is 1.82 bits per heavy atom. The SMILES string of the molecule is COC(=O)c1c(NC(=O)CCSc2nnc(Cn3nnc4ccccc43)n2-c2ccccc2)sc2c1CCCC2. The minimum absolute atomic E-state index is 0.156. The number of aromatic nitrogens is 6. The number of esters is 1. The molecule has 5 aromatic rings. The van der Waals surface area contributed by atoms with Crippen molar-refractivity contribution in [2.75, 3.05) is 18.2 Å². The van der Waals surface area contributed by atoms with Crippen LogP contribution in [0.4, 0.5) is 5.00 Å². The van der Waals surface area contributed by atoms with Gasteiger partial charge in [0, 0.05) is 22.7 Å². The van der Waals surface area contributed by atoms with E-state index in [-0.39, 0.29) is 12.3 Å². The second-order valence-electron chi connectivity index (χ2n) is 9.36. The third-order valence-electron chi connectivity index (χ3n) is 6.80. The Balaban J connectivity index is 1.18. The number of aryl methyl sites for hydroxylation is 1. The van der Waals surface area contributed by atoms with Crippen molar-refractivity contribution < 1.29 is 14.3 Å². The first-order chi connectivity index (χ1) is 19.6. The van der Waals surface area contributed by atoms with Gasteiger partial charge in [0.25, 0.3) is 0 Å². The van der Waals surface area contributed by atoms with Gasteiger partial charge in [-0.2, -0.15) is 0 Å². The van der Waals surface area contributed by atoms with Crippen molar-refractivity contribution in [1.82, 2.24) is 29.8 Å². The van der Waals surface area contributed by atoms with E-state index in [0.717, 1.165) is 48.0 Å². The maximum atomic E-state index is 12.9. The number of hydrogen-bond acceptors (Lipinski definition) is 9. The lowest BCUT2D eigenvalue weighted by atomic mass is 9.95. The van der Waals surface area contributed by atoms with Crippen LogP contribution in [-0.2, 0) is 28.9 Å². The summed E-state index contributed by atoms with van der Waals surface area (Å²) in [6, 6.07) is 17.7. The number of anilines is 1. The molecule has 0 radical (unpaired) electrons. The average Bonchev–Trinajstić information content (AvgIpc) is 3.68. The number of hydrogen-bond donors (Lipinski definition) is 1. The standard InChI is InChI=1S/C28H27N7O3S2/c1-38-27(37)25-19-11-5-8-14-22(19)40-26(25)29-24(36)15-16-39-28-32-31-23(35(28)18-9-3-2-4-10-18)17-34-21-13-7-6-12-20(21)30-33-34/h2-4,6-7,9-10,12-13H,5,8,11,14-17H2,1H3,(H,29,36). The number of methoxy groups -OCH3 is 1. The van der Waals surface area contributed by atoms with Gasteiger partial charge in [0.2, 0.25) is 5.91 Å². The molecule has 0 unspecified atom stereocenters. The van der Waals surface area contributed by atoms with Crippen LogP contribution in [0.25, 0.3) is 16.7 Å². The number of carbonyl (C=O) groups is 2.